The minimum absolute atomic E-state index is 0.0361. The third kappa shape index (κ3) is 3.48. The Bertz CT molecular complexity index is 338. The van der Waals surface area contributed by atoms with Crippen LogP contribution >= 0.6 is 22.9 Å². The maximum Gasteiger partial charge on any atom is 0.229 e. The third-order valence-corrected chi connectivity index (χ3v) is 3.36. The van der Waals surface area contributed by atoms with Crippen LogP contribution < -0.4 is 11.1 Å². The minimum Gasteiger partial charge on any atom is -0.330 e. The van der Waals surface area contributed by atoms with Crippen molar-refractivity contribution in [3.63, 3.8) is 0 Å². The predicted octanol–water partition coefficient (Wildman–Crippen LogP) is 2.57. The molecule has 0 bridgehead atoms. The summed E-state index contributed by atoms with van der Waals surface area (Å²) in [6, 6.07) is 3.55. The van der Waals surface area contributed by atoms with Crippen LogP contribution in [0.15, 0.2) is 12.1 Å². The Kier molecular flexibility index (Phi) is 4.57. The van der Waals surface area contributed by atoms with Gasteiger partial charge < -0.3 is 11.1 Å². The molecular formula is C10H15ClN2OS. The molecule has 3 nitrogen and oxygen atoms in total. The molecule has 0 aliphatic heterocycles. The van der Waals surface area contributed by atoms with Gasteiger partial charge in [0.1, 0.15) is 0 Å². The molecule has 1 heterocycles. The highest BCUT2D eigenvalue weighted by atomic mass is 35.5. The lowest BCUT2D eigenvalue weighted by Crippen LogP contribution is -2.32. The Morgan fingerprint density at radius 2 is 2.27 bits per heavy atom. The summed E-state index contributed by atoms with van der Waals surface area (Å²) in [5, 5.41) is 3.58. The fraction of sp³-hybridized carbons (Fsp3) is 0.500. The molecule has 1 amide bonds. The summed E-state index contributed by atoms with van der Waals surface area (Å²) < 4.78 is 0.666. The molecule has 0 saturated heterocycles. The molecule has 0 aliphatic rings. The first-order valence-electron chi connectivity index (χ1n) is 4.81. The molecule has 0 radical (unpaired) electrons. The van der Waals surface area contributed by atoms with Crippen LogP contribution in [0.4, 0.5) is 5.00 Å². The number of halogens is 1. The Balaban J connectivity index is 2.62. The number of hydrogen-bond donors (Lipinski definition) is 2. The molecule has 3 N–H and O–H groups in total. The second kappa shape index (κ2) is 5.49. The van der Waals surface area contributed by atoms with E-state index < -0.39 is 0 Å². The number of rotatable bonds is 4. The number of thiophene rings is 1. The first-order chi connectivity index (χ1) is 7.04. The monoisotopic (exact) mass is 246 g/mol. The molecular weight excluding hydrogens is 232 g/mol. The summed E-state index contributed by atoms with van der Waals surface area (Å²) in [5.74, 6) is 0.0577. The molecule has 1 unspecified atom stereocenters. The van der Waals surface area contributed by atoms with Gasteiger partial charge in [-0.3, -0.25) is 4.79 Å². The smallest absolute Gasteiger partial charge is 0.229 e. The maximum absolute atomic E-state index is 11.8. The number of amides is 1. The van der Waals surface area contributed by atoms with E-state index in [9.17, 15) is 4.79 Å². The predicted molar refractivity (Wildman–Crippen MR) is 65.3 cm³/mol. The van der Waals surface area contributed by atoms with E-state index in [1.807, 2.05) is 13.8 Å². The van der Waals surface area contributed by atoms with Crippen molar-refractivity contribution >= 4 is 33.8 Å². The lowest BCUT2D eigenvalue weighted by Gasteiger charge is -2.17. The summed E-state index contributed by atoms with van der Waals surface area (Å²) in [4.78, 5) is 11.8. The van der Waals surface area contributed by atoms with Gasteiger partial charge in [-0.05, 0) is 18.1 Å². The van der Waals surface area contributed by atoms with E-state index in [1.165, 1.54) is 11.3 Å². The van der Waals surface area contributed by atoms with Crippen molar-refractivity contribution in [2.24, 2.45) is 17.6 Å². The van der Waals surface area contributed by atoms with Gasteiger partial charge >= 0.3 is 0 Å². The Hall–Kier alpha value is -0.580. The summed E-state index contributed by atoms with van der Waals surface area (Å²) >= 11 is 7.11. The zero-order valence-electron chi connectivity index (χ0n) is 8.79. The average molecular weight is 247 g/mol. The van der Waals surface area contributed by atoms with Crippen molar-refractivity contribution < 1.29 is 4.79 Å². The second-order valence-corrected chi connectivity index (χ2v) is 5.39. The molecule has 15 heavy (non-hydrogen) atoms. The highest BCUT2D eigenvalue weighted by Crippen LogP contribution is 2.26. The van der Waals surface area contributed by atoms with Crippen LogP contribution in [0, 0.1) is 11.8 Å². The van der Waals surface area contributed by atoms with Crippen LogP contribution in [0.3, 0.4) is 0 Å². The van der Waals surface area contributed by atoms with Gasteiger partial charge in [0, 0.05) is 6.54 Å². The van der Waals surface area contributed by atoms with E-state index in [0.717, 1.165) is 5.00 Å². The molecule has 0 aliphatic carbocycles. The van der Waals surface area contributed by atoms with Gasteiger partial charge in [0.25, 0.3) is 0 Å². The van der Waals surface area contributed by atoms with Gasteiger partial charge in [0.05, 0.1) is 15.3 Å². The number of carbonyl (C=O) groups excluding carboxylic acids is 1. The highest BCUT2D eigenvalue weighted by Gasteiger charge is 2.20. The minimum atomic E-state index is -0.147. The standard InChI is InChI=1S/C10H15ClN2OS/c1-6(2)7(5-12)10(14)13-9-4-3-8(11)15-9/h3-4,6-7H,5,12H2,1-2H3,(H,13,14). The SMILES string of the molecule is CC(C)C(CN)C(=O)Nc1ccc(Cl)s1. The molecule has 0 spiro atoms. The Morgan fingerprint density at radius 3 is 2.67 bits per heavy atom. The van der Waals surface area contributed by atoms with Crippen LogP contribution in [-0.2, 0) is 4.79 Å². The molecule has 1 aromatic heterocycles. The normalized spacial score (nSPS) is 12.9. The van der Waals surface area contributed by atoms with Crippen molar-refractivity contribution in [3.8, 4) is 0 Å². The Morgan fingerprint density at radius 1 is 1.60 bits per heavy atom. The van der Waals surface area contributed by atoms with Crippen molar-refractivity contribution in [1.82, 2.24) is 0 Å². The average Bonchev–Trinajstić information content (AvgIpc) is 2.51. The number of anilines is 1. The zero-order valence-corrected chi connectivity index (χ0v) is 10.4. The van der Waals surface area contributed by atoms with Crippen molar-refractivity contribution in [2.45, 2.75) is 13.8 Å². The van der Waals surface area contributed by atoms with E-state index in [1.54, 1.807) is 12.1 Å². The van der Waals surface area contributed by atoms with Gasteiger partial charge in [-0.25, -0.2) is 0 Å². The van der Waals surface area contributed by atoms with Crippen molar-refractivity contribution in [1.29, 1.82) is 0 Å². The Labute approximate surface area is 98.6 Å². The first-order valence-corrected chi connectivity index (χ1v) is 6.00. The van der Waals surface area contributed by atoms with Gasteiger partial charge in [-0.1, -0.05) is 25.4 Å². The summed E-state index contributed by atoms with van der Waals surface area (Å²) in [6.07, 6.45) is 0. The van der Waals surface area contributed by atoms with E-state index in [4.69, 9.17) is 17.3 Å². The second-order valence-electron chi connectivity index (χ2n) is 3.68. The quantitative estimate of drug-likeness (QED) is 0.858. The van der Waals surface area contributed by atoms with Gasteiger partial charge in [0.2, 0.25) is 5.91 Å². The van der Waals surface area contributed by atoms with Crippen LogP contribution in [0.1, 0.15) is 13.8 Å². The number of nitrogens with one attached hydrogen (secondary N) is 1. The fourth-order valence-electron chi connectivity index (χ4n) is 1.28. The molecule has 5 heteroatoms. The first kappa shape index (κ1) is 12.5. The number of carbonyl (C=O) groups is 1. The molecule has 0 fully saturated rings. The van der Waals surface area contributed by atoms with Gasteiger partial charge in [0.15, 0.2) is 0 Å². The van der Waals surface area contributed by atoms with E-state index in [0.29, 0.717) is 10.9 Å². The highest BCUT2D eigenvalue weighted by molar-refractivity contribution is 7.20. The molecule has 1 aromatic rings. The van der Waals surface area contributed by atoms with E-state index >= 15 is 0 Å². The molecule has 1 rings (SSSR count). The zero-order chi connectivity index (χ0) is 11.4. The summed E-state index contributed by atoms with van der Waals surface area (Å²) in [5.41, 5.74) is 5.55. The lowest BCUT2D eigenvalue weighted by molar-refractivity contribution is -0.120. The number of nitrogens with two attached hydrogens (primary N) is 1. The maximum atomic E-state index is 11.8. The molecule has 0 aromatic carbocycles. The summed E-state index contributed by atoms with van der Waals surface area (Å²) in [6.45, 7) is 4.33. The lowest BCUT2D eigenvalue weighted by atomic mass is 9.95. The third-order valence-electron chi connectivity index (χ3n) is 2.22. The van der Waals surface area contributed by atoms with Crippen LogP contribution in [-0.4, -0.2) is 12.5 Å². The van der Waals surface area contributed by atoms with Crippen LogP contribution in [0.5, 0.6) is 0 Å². The van der Waals surface area contributed by atoms with Gasteiger partial charge in [-0.15, -0.1) is 11.3 Å². The molecule has 1 atom stereocenters. The topological polar surface area (TPSA) is 55.1 Å². The van der Waals surface area contributed by atoms with Crippen molar-refractivity contribution in [2.75, 3.05) is 11.9 Å². The van der Waals surface area contributed by atoms with E-state index in [2.05, 4.69) is 5.32 Å². The van der Waals surface area contributed by atoms with Crippen LogP contribution in [0.25, 0.3) is 0 Å². The van der Waals surface area contributed by atoms with Gasteiger partial charge in [-0.2, -0.15) is 0 Å². The summed E-state index contributed by atoms with van der Waals surface area (Å²) in [7, 11) is 0. The van der Waals surface area contributed by atoms with E-state index in [-0.39, 0.29) is 17.7 Å². The fourth-order valence-corrected chi connectivity index (χ4v) is 2.22. The van der Waals surface area contributed by atoms with Crippen molar-refractivity contribution in [3.05, 3.63) is 16.5 Å². The largest absolute Gasteiger partial charge is 0.330 e. The number of hydrogen-bond acceptors (Lipinski definition) is 3. The molecule has 0 saturated carbocycles. The van der Waals surface area contributed by atoms with Crippen LogP contribution in [0.2, 0.25) is 4.34 Å². The molecule has 84 valence electrons.